The van der Waals surface area contributed by atoms with Gasteiger partial charge in [0.15, 0.2) is 0 Å². The topological polar surface area (TPSA) is 59.2 Å². The summed E-state index contributed by atoms with van der Waals surface area (Å²) in [7, 11) is 0. The standard InChI is InChI=1S/C22H22FN3O/c1-14-19(9-16-7-8-18(23)10-21(16)25-14)22(27)26-12-17(11-24)20(13-26)15-5-3-2-4-6-15/h2-10,17,20H,11-13,24H2,1H3/t17-,20+/m1/s1. The molecule has 0 aliphatic carbocycles. The first-order valence-electron chi connectivity index (χ1n) is 9.18. The molecule has 2 aromatic carbocycles. The number of likely N-dealkylation sites (tertiary alicyclic amines) is 1. The SMILES string of the molecule is Cc1nc2cc(F)ccc2cc1C(=O)N1C[C@@H](CN)[C@H](c2ccccc2)C1. The van der Waals surface area contributed by atoms with E-state index in [0.29, 0.717) is 36.4 Å². The normalized spacial score (nSPS) is 19.6. The van der Waals surface area contributed by atoms with Crippen LogP contribution in [0.4, 0.5) is 4.39 Å². The van der Waals surface area contributed by atoms with Gasteiger partial charge in [-0.2, -0.15) is 0 Å². The Morgan fingerprint density at radius 2 is 1.96 bits per heavy atom. The van der Waals surface area contributed by atoms with Crippen LogP contribution in [0.1, 0.15) is 27.5 Å². The summed E-state index contributed by atoms with van der Waals surface area (Å²) in [6, 6.07) is 16.5. The summed E-state index contributed by atoms with van der Waals surface area (Å²) >= 11 is 0. The van der Waals surface area contributed by atoms with Crippen molar-refractivity contribution in [1.29, 1.82) is 0 Å². The molecule has 1 aliphatic heterocycles. The van der Waals surface area contributed by atoms with Crippen LogP contribution in [0.5, 0.6) is 0 Å². The van der Waals surface area contributed by atoms with Crippen molar-refractivity contribution in [3.8, 4) is 0 Å². The fourth-order valence-electron chi connectivity index (χ4n) is 3.98. The Kier molecular flexibility index (Phi) is 4.62. The molecule has 0 bridgehead atoms. The maximum Gasteiger partial charge on any atom is 0.255 e. The van der Waals surface area contributed by atoms with Gasteiger partial charge in [-0.3, -0.25) is 9.78 Å². The number of pyridine rings is 1. The van der Waals surface area contributed by atoms with Gasteiger partial charge in [-0.25, -0.2) is 4.39 Å². The fraction of sp³-hybridized carbons (Fsp3) is 0.273. The van der Waals surface area contributed by atoms with Crippen molar-refractivity contribution in [3.05, 3.63) is 77.2 Å². The molecule has 0 saturated carbocycles. The van der Waals surface area contributed by atoms with Crippen LogP contribution in [-0.4, -0.2) is 35.4 Å². The van der Waals surface area contributed by atoms with E-state index >= 15 is 0 Å². The highest BCUT2D eigenvalue weighted by Gasteiger charge is 2.36. The van der Waals surface area contributed by atoms with Gasteiger partial charge in [0.05, 0.1) is 16.8 Å². The molecule has 1 amide bonds. The van der Waals surface area contributed by atoms with E-state index in [9.17, 15) is 9.18 Å². The highest BCUT2D eigenvalue weighted by molar-refractivity contribution is 5.98. The van der Waals surface area contributed by atoms with Crippen LogP contribution in [0, 0.1) is 18.7 Å². The van der Waals surface area contributed by atoms with Crippen molar-refractivity contribution in [3.63, 3.8) is 0 Å². The van der Waals surface area contributed by atoms with Gasteiger partial charge in [0.25, 0.3) is 5.91 Å². The lowest BCUT2D eigenvalue weighted by Gasteiger charge is -2.18. The molecular weight excluding hydrogens is 341 g/mol. The molecule has 0 radical (unpaired) electrons. The van der Waals surface area contributed by atoms with Crippen molar-refractivity contribution in [2.75, 3.05) is 19.6 Å². The number of aromatic nitrogens is 1. The molecule has 0 spiro atoms. The molecule has 3 aromatic rings. The Balaban J connectivity index is 1.64. The maximum atomic E-state index is 13.4. The van der Waals surface area contributed by atoms with Crippen molar-refractivity contribution < 1.29 is 9.18 Å². The average Bonchev–Trinajstić information content (AvgIpc) is 3.12. The number of aryl methyl sites for hydroxylation is 1. The number of fused-ring (bicyclic) bond motifs is 1. The van der Waals surface area contributed by atoms with Gasteiger partial charge in [0.2, 0.25) is 0 Å². The molecule has 138 valence electrons. The third kappa shape index (κ3) is 3.30. The molecule has 4 rings (SSSR count). The third-order valence-corrected chi connectivity index (χ3v) is 5.46. The lowest BCUT2D eigenvalue weighted by atomic mass is 9.89. The van der Waals surface area contributed by atoms with Crippen LogP contribution in [0.2, 0.25) is 0 Å². The summed E-state index contributed by atoms with van der Waals surface area (Å²) in [5.74, 6) is 0.106. The highest BCUT2D eigenvalue weighted by Crippen LogP contribution is 2.33. The largest absolute Gasteiger partial charge is 0.338 e. The number of amides is 1. The summed E-state index contributed by atoms with van der Waals surface area (Å²) < 4.78 is 13.4. The number of benzene rings is 2. The first kappa shape index (κ1) is 17.6. The molecule has 2 N–H and O–H groups in total. The van der Waals surface area contributed by atoms with E-state index in [1.165, 1.54) is 17.7 Å². The van der Waals surface area contributed by atoms with Crippen LogP contribution in [0.25, 0.3) is 10.9 Å². The minimum Gasteiger partial charge on any atom is -0.338 e. The summed E-state index contributed by atoms with van der Waals surface area (Å²) in [5.41, 5.74) is 8.96. The number of nitrogens with zero attached hydrogens (tertiary/aromatic N) is 2. The second-order valence-corrected chi connectivity index (χ2v) is 7.18. The van der Waals surface area contributed by atoms with Crippen LogP contribution in [-0.2, 0) is 0 Å². The van der Waals surface area contributed by atoms with Crippen LogP contribution >= 0.6 is 0 Å². The fourth-order valence-corrected chi connectivity index (χ4v) is 3.98. The van der Waals surface area contributed by atoms with E-state index in [-0.39, 0.29) is 23.6 Å². The van der Waals surface area contributed by atoms with Crippen LogP contribution in [0.15, 0.2) is 54.6 Å². The summed E-state index contributed by atoms with van der Waals surface area (Å²) in [5, 5.41) is 0.763. The second-order valence-electron chi connectivity index (χ2n) is 7.18. The Bertz CT molecular complexity index is 990. The van der Waals surface area contributed by atoms with E-state index in [2.05, 4.69) is 17.1 Å². The van der Waals surface area contributed by atoms with E-state index < -0.39 is 0 Å². The molecule has 1 aliphatic rings. The van der Waals surface area contributed by atoms with Crippen LogP contribution in [0.3, 0.4) is 0 Å². The lowest BCUT2D eigenvalue weighted by Crippen LogP contribution is -2.30. The number of hydrogen-bond acceptors (Lipinski definition) is 3. The first-order valence-corrected chi connectivity index (χ1v) is 9.18. The monoisotopic (exact) mass is 363 g/mol. The molecule has 1 fully saturated rings. The molecule has 2 heterocycles. The average molecular weight is 363 g/mol. The number of rotatable bonds is 3. The van der Waals surface area contributed by atoms with Crippen molar-refractivity contribution in [1.82, 2.24) is 9.88 Å². The zero-order valence-corrected chi connectivity index (χ0v) is 15.2. The number of carbonyl (C=O) groups is 1. The number of halogens is 1. The van der Waals surface area contributed by atoms with Gasteiger partial charge in [0.1, 0.15) is 5.82 Å². The number of carbonyl (C=O) groups excluding carboxylic acids is 1. The number of nitrogens with two attached hydrogens (primary N) is 1. The molecule has 1 saturated heterocycles. The van der Waals surface area contributed by atoms with Gasteiger partial charge in [-0.1, -0.05) is 30.3 Å². The maximum absolute atomic E-state index is 13.4. The van der Waals surface area contributed by atoms with Crippen LogP contribution < -0.4 is 5.73 Å². The van der Waals surface area contributed by atoms with E-state index in [1.54, 1.807) is 13.0 Å². The van der Waals surface area contributed by atoms with Crippen molar-refractivity contribution in [2.45, 2.75) is 12.8 Å². The van der Waals surface area contributed by atoms with Crippen molar-refractivity contribution in [2.24, 2.45) is 11.7 Å². The zero-order valence-electron chi connectivity index (χ0n) is 15.2. The molecule has 1 aromatic heterocycles. The molecule has 27 heavy (non-hydrogen) atoms. The number of hydrogen-bond donors (Lipinski definition) is 1. The third-order valence-electron chi connectivity index (χ3n) is 5.46. The predicted octanol–water partition coefficient (Wildman–Crippen LogP) is 3.50. The van der Waals surface area contributed by atoms with Crippen molar-refractivity contribution >= 4 is 16.8 Å². The minimum absolute atomic E-state index is 0.0388. The first-order chi connectivity index (χ1) is 13.1. The second kappa shape index (κ2) is 7.08. The van der Waals surface area contributed by atoms with E-state index in [4.69, 9.17) is 5.73 Å². The Hall–Kier alpha value is -2.79. The van der Waals surface area contributed by atoms with Gasteiger partial charge in [-0.15, -0.1) is 0 Å². The molecule has 5 heteroatoms. The summed E-state index contributed by atoms with van der Waals surface area (Å²) in [6.45, 7) is 3.61. The highest BCUT2D eigenvalue weighted by atomic mass is 19.1. The quantitative estimate of drug-likeness (QED) is 0.775. The van der Waals surface area contributed by atoms with Gasteiger partial charge in [-0.05, 0) is 43.1 Å². The van der Waals surface area contributed by atoms with Gasteiger partial charge >= 0.3 is 0 Å². The van der Waals surface area contributed by atoms with Gasteiger partial charge < -0.3 is 10.6 Å². The summed E-state index contributed by atoms with van der Waals surface area (Å²) in [6.07, 6.45) is 0. The van der Waals surface area contributed by atoms with E-state index in [0.717, 1.165) is 5.39 Å². The lowest BCUT2D eigenvalue weighted by molar-refractivity contribution is 0.0785. The van der Waals surface area contributed by atoms with Gasteiger partial charge in [0, 0.05) is 30.5 Å². The Morgan fingerprint density at radius 1 is 1.19 bits per heavy atom. The summed E-state index contributed by atoms with van der Waals surface area (Å²) in [4.78, 5) is 19.5. The Labute approximate surface area is 157 Å². The molecule has 4 nitrogen and oxygen atoms in total. The molecule has 0 unspecified atom stereocenters. The minimum atomic E-state index is -0.329. The molecular formula is C22H22FN3O. The van der Waals surface area contributed by atoms with E-state index in [1.807, 2.05) is 29.2 Å². The smallest absolute Gasteiger partial charge is 0.255 e. The predicted molar refractivity (Wildman–Crippen MR) is 104 cm³/mol. The molecule has 2 atom stereocenters. The Morgan fingerprint density at radius 3 is 2.70 bits per heavy atom. The zero-order chi connectivity index (χ0) is 19.0.